The van der Waals surface area contributed by atoms with Gasteiger partial charge in [0.15, 0.2) is 0 Å². The van der Waals surface area contributed by atoms with Gasteiger partial charge in [0.1, 0.15) is 17.4 Å². The summed E-state index contributed by atoms with van der Waals surface area (Å²) in [6.07, 6.45) is 0.549. The number of amides is 1. The molecule has 0 aliphatic heterocycles. The fourth-order valence-corrected chi connectivity index (χ4v) is 1.80. The maximum absolute atomic E-state index is 12.2. The summed E-state index contributed by atoms with van der Waals surface area (Å²) in [4.78, 5) is 23.4. The summed E-state index contributed by atoms with van der Waals surface area (Å²) in [5.41, 5.74) is 0.282. The van der Waals surface area contributed by atoms with Gasteiger partial charge in [-0.05, 0) is 18.8 Å². The Bertz CT molecular complexity index is 485. The fourth-order valence-electron chi connectivity index (χ4n) is 1.80. The third kappa shape index (κ3) is 3.33. The molecule has 0 aliphatic carbocycles. The van der Waals surface area contributed by atoms with Crippen LogP contribution in [0.3, 0.4) is 0 Å². The van der Waals surface area contributed by atoms with Crippen LogP contribution < -0.4 is 5.32 Å². The first-order chi connectivity index (χ1) is 8.68. The van der Waals surface area contributed by atoms with Crippen LogP contribution in [0.25, 0.3) is 0 Å². The molecule has 0 aromatic carbocycles. The molecule has 6 heteroatoms. The van der Waals surface area contributed by atoms with Gasteiger partial charge >= 0.3 is 5.97 Å². The molecule has 1 atom stereocenters. The predicted molar refractivity (Wildman–Crippen MR) is 69.0 cm³/mol. The zero-order chi connectivity index (χ0) is 14.8. The minimum absolute atomic E-state index is 0.331. The zero-order valence-electron chi connectivity index (χ0n) is 11.9. The third-order valence-corrected chi connectivity index (χ3v) is 2.88. The van der Waals surface area contributed by atoms with E-state index in [2.05, 4.69) is 10.5 Å². The van der Waals surface area contributed by atoms with E-state index in [-0.39, 0.29) is 0 Å². The summed E-state index contributed by atoms with van der Waals surface area (Å²) in [5, 5.41) is 15.5. The van der Waals surface area contributed by atoms with Crippen molar-refractivity contribution < 1.29 is 19.2 Å². The molecular weight excluding hydrogens is 248 g/mol. The number of aromatic nitrogens is 1. The van der Waals surface area contributed by atoms with Crippen LogP contribution in [0, 0.1) is 12.3 Å². The van der Waals surface area contributed by atoms with Crippen molar-refractivity contribution in [3.05, 3.63) is 17.0 Å². The first-order valence-corrected chi connectivity index (χ1v) is 6.17. The molecule has 6 nitrogen and oxygen atoms in total. The number of aliphatic carboxylic acids is 1. The van der Waals surface area contributed by atoms with Crippen LogP contribution in [-0.4, -0.2) is 28.2 Å². The van der Waals surface area contributed by atoms with Crippen LogP contribution in [-0.2, 0) is 11.2 Å². The van der Waals surface area contributed by atoms with E-state index in [1.165, 1.54) is 0 Å². The van der Waals surface area contributed by atoms with Crippen molar-refractivity contribution in [2.75, 3.05) is 0 Å². The lowest BCUT2D eigenvalue weighted by Crippen LogP contribution is -2.49. The highest BCUT2D eigenvalue weighted by molar-refractivity contribution is 5.98. The molecular formula is C13H20N2O4. The second-order valence-electron chi connectivity index (χ2n) is 5.52. The zero-order valence-corrected chi connectivity index (χ0v) is 11.9. The van der Waals surface area contributed by atoms with Gasteiger partial charge in [-0.3, -0.25) is 4.79 Å². The Morgan fingerprint density at radius 2 is 2.00 bits per heavy atom. The monoisotopic (exact) mass is 268 g/mol. The number of rotatable bonds is 4. The topological polar surface area (TPSA) is 92.4 Å². The van der Waals surface area contributed by atoms with Crippen LogP contribution in [0.1, 0.15) is 49.5 Å². The van der Waals surface area contributed by atoms with E-state index in [0.29, 0.717) is 23.4 Å². The van der Waals surface area contributed by atoms with E-state index in [9.17, 15) is 14.7 Å². The van der Waals surface area contributed by atoms with Crippen LogP contribution in [0.15, 0.2) is 4.52 Å². The van der Waals surface area contributed by atoms with E-state index >= 15 is 0 Å². The van der Waals surface area contributed by atoms with Gasteiger partial charge in [0.2, 0.25) is 0 Å². The SMILES string of the molecule is CCc1noc(C)c1C(=O)N[C@H](C(=O)O)C(C)(C)C. The van der Waals surface area contributed by atoms with E-state index in [0.717, 1.165) is 0 Å². The highest BCUT2D eigenvalue weighted by Gasteiger charge is 2.34. The lowest BCUT2D eigenvalue weighted by Gasteiger charge is -2.27. The number of hydrogen-bond acceptors (Lipinski definition) is 4. The average molecular weight is 268 g/mol. The minimum atomic E-state index is -1.06. The predicted octanol–water partition coefficient (Wildman–Crippen LogP) is 1.77. The fraction of sp³-hybridized carbons (Fsp3) is 0.615. The van der Waals surface area contributed by atoms with E-state index in [4.69, 9.17) is 4.52 Å². The molecule has 19 heavy (non-hydrogen) atoms. The summed E-state index contributed by atoms with van der Waals surface area (Å²) in [5.74, 6) is -1.13. The van der Waals surface area contributed by atoms with Crippen molar-refractivity contribution >= 4 is 11.9 Å². The van der Waals surface area contributed by atoms with Crippen LogP contribution in [0.4, 0.5) is 0 Å². The molecule has 1 aromatic rings. The molecule has 1 heterocycles. The standard InChI is InChI=1S/C13H20N2O4/c1-6-8-9(7(2)19-15-8)11(16)14-10(12(17)18)13(3,4)5/h10H,6H2,1-5H3,(H,14,16)(H,17,18)/t10-/m1/s1. The number of carbonyl (C=O) groups is 2. The summed E-state index contributed by atoms with van der Waals surface area (Å²) in [6.45, 7) is 8.76. The lowest BCUT2D eigenvalue weighted by atomic mass is 9.86. The van der Waals surface area contributed by atoms with Gasteiger partial charge in [-0.25, -0.2) is 4.79 Å². The highest BCUT2D eigenvalue weighted by atomic mass is 16.5. The Morgan fingerprint density at radius 1 is 1.42 bits per heavy atom. The molecule has 1 amide bonds. The summed E-state index contributed by atoms with van der Waals surface area (Å²) in [7, 11) is 0. The van der Waals surface area contributed by atoms with Gasteiger partial charge in [-0.1, -0.05) is 32.9 Å². The van der Waals surface area contributed by atoms with E-state index < -0.39 is 23.3 Å². The molecule has 0 radical (unpaired) electrons. The molecule has 0 unspecified atom stereocenters. The quantitative estimate of drug-likeness (QED) is 0.868. The Morgan fingerprint density at radius 3 is 2.42 bits per heavy atom. The van der Waals surface area contributed by atoms with Gasteiger partial charge < -0.3 is 14.9 Å². The van der Waals surface area contributed by atoms with Gasteiger partial charge in [0.25, 0.3) is 5.91 Å². The van der Waals surface area contributed by atoms with Crippen LogP contribution >= 0.6 is 0 Å². The van der Waals surface area contributed by atoms with Gasteiger partial charge in [-0.2, -0.15) is 0 Å². The van der Waals surface area contributed by atoms with Crippen LogP contribution in [0.2, 0.25) is 0 Å². The molecule has 0 spiro atoms. The molecule has 2 N–H and O–H groups in total. The number of carboxylic acids is 1. The summed E-state index contributed by atoms with van der Waals surface area (Å²) < 4.78 is 4.98. The van der Waals surface area contributed by atoms with Gasteiger partial charge in [0, 0.05) is 0 Å². The molecule has 1 rings (SSSR count). The smallest absolute Gasteiger partial charge is 0.326 e. The average Bonchev–Trinajstić information content (AvgIpc) is 2.65. The summed E-state index contributed by atoms with van der Waals surface area (Å²) in [6, 6.07) is -0.973. The van der Waals surface area contributed by atoms with Crippen molar-refractivity contribution in [3.8, 4) is 0 Å². The number of nitrogens with zero attached hydrogens (tertiary/aromatic N) is 1. The number of nitrogens with one attached hydrogen (secondary N) is 1. The maximum Gasteiger partial charge on any atom is 0.326 e. The molecule has 0 aliphatic rings. The van der Waals surface area contributed by atoms with Crippen molar-refractivity contribution in [3.63, 3.8) is 0 Å². The molecule has 1 aromatic heterocycles. The van der Waals surface area contributed by atoms with Gasteiger partial charge in [-0.15, -0.1) is 0 Å². The van der Waals surface area contributed by atoms with Crippen molar-refractivity contribution in [1.29, 1.82) is 0 Å². The highest BCUT2D eigenvalue weighted by Crippen LogP contribution is 2.21. The Balaban J connectivity index is 3.01. The third-order valence-electron chi connectivity index (χ3n) is 2.88. The molecule has 0 saturated carbocycles. The van der Waals surface area contributed by atoms with E-state index in [1.807, 2.05) is 6.92 Å². The number of aryl methyl sites for hydroxylation is 2. The first kappa shape index (κ1) is 15.2. The number of hydrogen-bond donors (Lipinski definition) is 2. The molecule has 0 saturated heterocycles. The Kier molecular flexibility index (Phi) is 4.34. The van der Waals surface area contributed by atoms with E-state index in [1.54, 1.807) is 27.7 Å². The second kappa shape index (κ2) is 5.42. The van der Waals surface area contributed by atoms with Crippen molar-refractivity contribution in [2.24, 2.45) is 5.41 Å². The van der Waals surface area contributed by atoms with Crippen LogP contribution in [0.5, 0.6) is 0 Å². The van der Waals surface area contributed by atoms with Crippen molar-refractivity contribution in [1.82, 2.24) is 10.5 Å². The molecule has 0 fully saturated rings. The maximum atomic E-state index is 12.2. The minimum Gasteiger partial charge on any atom is -0.480 e. The summed E-state index contributed by atoms with van der Waals surface area (Å²) >= 11 is 0. The van der Waals surface area contributed by atoms with Gasteiger partial charge in [0.05, 0.1) is 5.69 Å². The number of carbonyl (C=O) groups excluding carboxylic acids is 1. The molecule has 106 valence electrons. The number of carboxylic acid groups (broad SMARTS) is 1. The van der Waals surface area contributed by atoms with Crippen molar-refractivity contribution in [2.45, 2.75) is 47.1 Å². The largest absolute Gasteiger partial charge is 0.480 e. The second-order valence-corrected chi connectivity index (χ2v) is 5.52. The first-order valence-electron chi connectivity index (χ1n) is 6.17. The Labute approximate surface area is 112 Å². The lowest BCUT2D eigenvalue weighted by molar-refractivity contribution is -0.142. The molecule has 0 bridgehead atoms. The normalized spacial score (nSPS) is 13.1. The Hall–Kier alpha value is -1.85.